The molecule has 1 fully saturated rings. The Kier molecular flexibility index (Phi) is 4.58. The first-order valence-electron chi connectivity index (χ1n) is 7.88. The van der Waals surface area contributed by atoms with Gasteiger partial charge in [-0.15, -0.1) is 0 Å². The van der Waals surface area contributed by atoms with Crippen molar-refractivity contribution in [2.24, 2.45) is 5.92 Å². The topological polar surface area (TPSA) is 49.4 Å². The number of carbonyl (C=O) groups excluding carboxylic acids is 2. The van der Waals surface area contributed by atoms with Crippen molar-refractivity contribution < 1.29 is 9.59 Å². The van der Waals surface area contributed by atoms with E-state index in [2.05, 4.69) is 5.32 Å². The van der Waals surface area contributed by atoms with Crippen molar-refractivity contribution in [3.05, 3.63) is 58.6 Å². The molecule has 0 saturated carbocycles. The zero-order valence-electron chi connectivity index (χ0n) is 13.7. The predicted octanol–water partition coefficient (Wildman–Crippen LogP) is 3.95. The molecular weight excluding hydrogens is 324 g/mol. The van der Waals surface area contributed by atoms with Crippen molar-refractivity contribution >= 4 is 34.8 Å². The Balaban J connectivity index is 1.69. The maximum Gasteiger partial charge on any atom is 0.229 e. The lowest BCUT2D eigenvalue weighted by molar-refractivity contribution is -0.122. The van der Waals surface area contributed by atoms with Crippen molar-refractivity contribution in [1.29, 1.82) is 0 Å². The summed E-state index contributed by atoms with van der Waals surface area (Å²) >= 11 is 5.88. The number of nitrogens with zero attached hydrogens (tertiary/aromatic N) is 1. The van der Waals surface area contributed by atoms with Gasteiger partial charge in [-0.2, -0.15) is 0 Å². The highest BCUT2D eigenvalue weighted by Gasteiger charge is 2.35. The van der Waals surface area contributed by atoms with Crippen LogP contribution in [0.4, 0.5) is 11.4 Å². The number of rotatable bonds is 3. The maximum absolute atomic E-state index is 12.5. The Morgan fingerprint density at radius 1 is 1.12 bits per heavy atom. The molecule has 24 heavy (non-hydrogen) atoms. The molecule has 0 aliphatic carbocycles. The number of anilines is 2. The van der Waals surface area contributed by atoms with E-state index in [1.807, 2.05) is 32.0 Å². The lowest BCUT2D eigenvalue weighted by Gasteiger charge is -2.17. The molecular formula is C19H19ClN2O2. The number of hydrogen-bond donors (Lipinski definition) is 1. The monoisotopic (exact) mass is 342 g/mol. The summed E-state index contributed by atoms with van der Waals surface area (Å²) in [4.78, 5) is 26.4. The lowest BCUT2D eigenvalue weighted by Crippen LogP contribution is -2.28. The molecule has 1 saturated heterocycles. The second kappa shape index (κ2) is 6.65. The average molecular weight is 343 g/mol. The van der Waals surface area contributed by atoms with Gasteiger partial charge in [-0.3, -0.25) is 9.59 Å². The van der Waals surface area contributed by atoms with Crippen molar-refractivity contribution in [2.45, 2.75) is 20.3 Å². The zero-order valence-corrected chi connectivity index (χ0v) is 14.4. The Bertz CT molecular complexity index is 786. The Hall–Kier alpha value is -2.33. The Morgan fingerprint density at radius 2 is 1.83 bits per heavy atom. The minimum Gasteiger partial charge on any atom is -0.326 e. The molecule has 1 atom stereocenters. The molecule has 1 heterocycles. The fourth-order valence-corrected chi connectivity index (χ4v) is 2.94. The summed E-state index contributed by atoms with van der Waals surface area (Å²) in [5, 5.41) is 3.53. The van der Waals surface area contributed by atoms with Crippen LogP contribution in [0, 0.1) is 19.8 Å². The lowest BCUT2D eigenvalue weighted by atomic mass is 10.1. The van der Waals surface area contributed by atoms with Gasteiger partial charge in [0.1, 0.15) is 0 Å². The molecule has 0 spiro atoms. The van der Waals surface area contributed by atoms with Crippen LogP contribution in [0.15, 0.2) is 42.5 Å². The number of carbonyl (C=O) groups is 2. The molecule has 124 valence electrons. The van der Waals surface area contributed by atoms with E-state index < -0.39 is 0 Å². The first-order chi connectivity index (χ1) is 11.4. The molecule has 2 aromatic carbocycles. The quantitative estimate of drug-likeness (QED) is 0.918. The highest BCUT2D eigenvalue weighted by atomic mass is 35.5. The molecule has 1 aliphatic heterocycles. The van der Waals surface area contributed by atoms with E-state index in [9.17, 15) is 9.59 Å². The van der Waals surface area contributed by atoms with E-state index in [0.29, 0.717) is 11.6 Å². The van der Waals surface area contributed by atoms with Crippen LogP contribution in [0.5, 0.6) is 0 Å². The number of nitrogens with one attached hydrogen (secondary N) is 1. The van der Waals surface area contributed by atoms with Crippen molar-refractivity contribution in [2.75, 3.05) is 16.8 Å². The molecule has 1 unspecified atom stereocenters. The molecule has 0 radical (unpaired) electrons. The standard InChI is InChI=1S/C19H19ClN2O2/c1-12-3-6-16(9-13(12)2)21-19(24)14-10-18(23)22(11-14)17-7-4-15(20)5-8-17/h3-9,14H,10-11H2,1-2H3,(H,21,24). The van der Waals surface area contributed by atoms with Crippen LogP contribution in [0.2, 0.25) is 5.02 Å². The minimum atomic E-state index is -0.352. The van der Waals surface area contributed by atoms with Crippen molar-refractivity contribution in [3.63, 3.8) is 0 Å². The van der Waals surface area contributed by atoms with E-state index in [4.69, 9.17) is 11.6 Å². The highest BCUT2D eigenvalue weighted by Crippen LogP contribution is 2.27. The second-order valence-electron chi connectivity index (χ2n) is 6.17. The van der Waals surface area contributed by atoms with Gasteiger partial charge in [0, 0.05) is 29.4 Å². The molecule has 4 nitrogen and oxygen atoms in total. The minimum absolute atomic E-state index is 0.0439. The average Bonchev–Trinajstić information content (AvgIpc) is 2.94. The summed E-state index contributed by atoms with van der Waals surface area (Å²) in [6.07, 6.45) is 0.222. The smallest absolute Gasteiger partial charge is 0.229 e. The summed E-state index contributed by atoms with van der Waals surface area (Å²) in [5.74, 6) is -0.518. The Labute approximate surface area is 146 Å². The molecule has 2 aromatic rings. The van der Waals surface area contributed by atoms with Gasteiger partial charge in [-0.1, -0.05) is 17.7 Å². The van der Waals surface area contributed by atoms with E-state index in [0.717, 1.165) is 16.9 Å². The largest absolute Gasteiger partial charge is 0.326 e. The molecule has 1 aliphatic rings. The molecule has 0 aromatic heterocycles. The van der Waals surface area contributed by atoms with Gasteiger partial charge in [0.15, 0.2) is 0 Å². The van der Waals surface area contributed by atoms with Crippen LogP contribution in [0.1, 0.15) is 17.5 Å². The van der Waals surface area contributed by atoms with Crippen LogP contribution in [-0.4, -0.2) is 18.4 Å². The number of hydrogen-bond acceptors (Lipinski definition) is 2. The summed E-state index contributed by atoms with van der Waals surface area (Å²) in [7, 11) is 0. The fourth-order valence-electron chi connectivity index (χ4n) is 2.82. The number of benzene rings is 2. The molecule has 2 amide bonds. The number of aryl methyl sites for hydroxylation is 2. The van der Waals surface area contributed by atoms with Crippen LogP contribution in [0.3, 0.4) is 0 Å². The first-order valence-corrected chi connectivity index (χ1v) is 8.26. The summed E-state index contributed by atoms with van der Waals surface area (Å²) < 4.78 is 0. The van der Waals surface area contributed by atoms with Crippen LogP contribution in [-0.2, 0) is 9.59 Å². The van der Waals surface area contributed by atoms with Crippen molar-refractivity contribution in [3.8, 4) is 0 Å². The summed E-state index contributed by atoms with van der Waals surface area (Å²) in [6, 6.07) is 12.9. The van der Waals surface area contributed by atoms with E-state index in [1.54, 1.807) is 29.2 Å². The fraction of sp³-hybridized carbons (Fsp3) is 0.263. The third-order valence-electron chi connectivity index (χ3n) is 4.41. The van der Waals surface area contributed by atoms with Crippen LogP contribution in [0.25, 0.3) is 0 Å². The van der Waals surface area contributed by atoms with Crippen LogP contribution < -0.4 is 10.2 Å². The van der Waals surface area contributed by atoms with Gasteiger partial charge in [0.25, 0.3) is 0 Å². The van der Waals surface area contributed by atoms with Crippen LogP contribution >= 0.6 is 11.6 Å². The number of amides is 2. The van der Waals surface area contributed by atoms with E-state index in [1.165, 1.54) is 5.56 Å². The SMILES string of the molecule is Cc1ccc(NC(=O)C2CC(=O)N(c3ccc(Cl)cc3)C2)cc1C. The molecule has 0 bridgehead atoms. The second-order valence-corrected chi connectivity index (χ2v) is 6.61. The molecule has 3 rings (SSSR count). The van der Waals surface area contributed by atoms with Gasteiger partial charge in [0.2, 0.25) is 11.8 Å². The highest BCUT2D eigenvalue weighted by molar-refractivity contribution is 6.30. The first kappa shape index (κ1) is 16.5. The van der Waals surface area contributed by atoms with Gasteiger partial charge in [-0.25, -0.2) is 0 Å². The van der Waals surface area contributed by atoms with Gasteiger partial charge in [0.05, 0.1) is 5.92 Å². The zero-order chi connectivity index (χ0) is 17.3. The van der Waals surface area contributed by atoms with Gasteiger partial charge in [-0.05, 0) is 61.4 Å². The Morgan fingerprint density at radius 3 is 2.50 bits per heavy atom. The van der Waals surface area contributed by atoms with Gasteiger partial charge < -0.3 is 10.2 Å². The third-order valence-corrected chi connectivity index (χ3v) is 4.66. The predicted molar refractivity (Wildman–Crippen MR) is 96.5 cm³/mol. The van der Waals surface area contributed by atoms with E-state index in [-0.39, 0.29) is 24.2 Å². The van der Waals surface area contributed by atoms with E-state index >= 15 is 0 Å². The summed E-state index contributed by atoms with van der Waals surface area (Å²) in [5.41, 5.74) is 3.84. The summed E-state index contributed by atoms with van der Waals surface area (Å²) in [6.45, 7) is 4.42. The molecule has 1 N–H and O–H groups in total. The number of halogens is 1. The van der Waals surface area contributed by atoms with Gasteiger partial charge >= 0.3 is 0 Å². The van der Waals surface area contributed by atoms with Crippen molar-refractivity contribution in [1.82, 2.24) is 0 Å². The normalized spacial score (nSPS) is 17.2. The third kappa shape index (κ3) is 3.44. The molecule has 5 heteroatoms. The maximum atomic E-state index is 12.5.